The summed E-state index contributed by atoms with van der Waals surface area (Å²) in [5, 5.41) is 0. The number of carbonyl (C=O) groups excluding carboxylic acids is 1. The summed E-state index contributed by atoms with van der Waals surface area (Å²) in [5.74, 6) is -2.45. The van der Waals surface area contributed by atoms with E-state index in [1.807, 2.05) is 60.8 Å². The van der Waals surface area contributed by atoms with Gasteiger partial charge in [0.1, 0.15) is 11.5 Å². The summed E-state index contributed by atoms with van der Waals surface area (Å²) in [6.45, 7) is 4.15. The maximum Gasteiger partial charge on any atom is 0.275 e. The maximum absolute atomic E-state index is 14.1. The van der Waals surface area contributed by atoms with Crippen molar-refractivity contribution in [2.45, 2.75) is 20.4 Å². The van der Waals surface area contributed by atoms with Crippen LogP contribution in [0.5, 0.6) is 0 Å². The van der Waals surface area contributed by atoms with E-state index < -0.39 is 23.2 Å². The average Bonchev–Trinajstić information content (AvgIpc) is 3.05. The highest BCUT2D eigenvalue weighted by atomic mass is 19.1. The van der Waals surface area contributed by atoms with Crippen molar-refractivity contribution in [1.82, 2.24) is 19.3 Å². The molecule has 3 aromatic heterocycles. The Kier molecular flexibility index (Phi) is 5.03. The first-order chi connectivity index (χ1) is 14.3. The van der Waals surface area contributed by atoms with Crippen molar-refractivity contribution in [3.05, 3.63) is 89.0 Å². The lowest BCUT2D eigenvalue weighted by Gasteiger charge is -2.18. The number of halogens is 2. The highest BCUT2D eigenvalue weighted by Crippen LogP contribution is 2.27. The van der Waals surface area contributed by atoms with Crippen molar-refractivity contribution < 1.29 is 13.6 Å². The van der Waals surface area contributed by atoms with Crippen LogP contribution >= 0.6 is 0 Å². The minimum atomic E-state index is -0.986. The molecular weight excluding hydrogens is 386 g/mol. The van der Waals surface area contributed by atoms with E-state index in [0.29, 0.717) is 6.07 Å². The van der Waals surface area contributed by atoms with Crippen LogP contribution < -0.4 is 0 Å². The Morgan fingerprint density at radius 3 is 2.47 bits per heavy atom. The highest BCUT2D eigenvalue weighted by Gasteiger charge is 2.22. The largest absolute Gasteiger partial charge is 0.334 e. The molecule has 152 valence electrons. The van der Waals surface area contributed by atoms with Crippen LogP contribution in [-0.2, 0) is 6.54 Å². The molecule has 0 bridgehead atoms. The van der Waals surface area contributed by atoms with Gasteiger partial charge in [0, 0.05) is 24.9 Å². The number of benzene rings is 1. The number of nitrogens with zero attached hydrogens (tertiary/aromatic N) is 4. The van der Waals surface area contributed by atoms with E-state index in [1.165, 1.54) is 4.90 Å². The van der Waals surface area contributed by atoms with Crippen LogP contribution in [-0.4, -0.2) is 32.2 Å². The Bertz CT molecular complexity index is 1250. The fourth-order valence-electron chi connectivity index (χ4n) is 3.34. The van der Waals surface area contributed by atoms with Gasteiger partial charge in [0.15, 0.2) is 11.5 Å². The molecule has 4 aromatic rings. The number of fused-ring (bicyclic) bond motifs is 1. The lowest BCUT2D eigenvalue weighted by Crippen LogP contribution is -2.28. The Hall–Kier alpha value is -3.61. The van der Waals surface area contributed by atoms with Crippen LogP contribution in [0.25, 0.3) is 16.9 Å². The van der Waals surface area contributed by atoms with Crippen molar-refractivity contribution in [3.8, 4) is 11.3 Å². The Balaban J connectivity index is 1.77. The molecule has 0 unspecified atom stereocenters. The summed E-state index contributed by atoms with van der Waals surface area (Å²) in [5.41, 5.74) is 4.95. The molecule has 3 heterocycles. The molecule has 0 aliphatic rings. The molecule has 5 nitrogen and oxygen atoms in total. The van der Waals surface area contributed by atoms with E-state index in [0.717, 1.165) is 39.9 Å². The summed E-state index contributed by atoms with van der Waals surface area (Å²) in [7, 11) is 1.56. The first kappa shape index (κ1) is 19.7. The Labute approximate surface area is 172 Å². The van der Waals surface area contributed by atoms with Gasteiger partial charge in [-0.05, 0) is 25.5 Å². The van der Waals surface area contributed by atoms with Gasteiger partial charge in [-0.15, -0.1) is 0 Å². The quantitative estimate of drug-likeness (QED) is 0.499. The third kappa shape index (κ3) is 3.66. The van der Waals surface area contributed by atoms with Crippen molar-refractivity contribution in [3.63, 3.8) is 0 Å². The standard InChI is InChI=1S/C23H20F2N4O/c1-14-4-7-16(8-5-14)21-19(29-12-15(2)6-9-20(29)27-21)13-28(3)23(30)22-18(25)10-17(24)11-26-22/h4-12H,13H2,1-3H3. The highest BCUT2D eigenvalue weighted by molar-refractivity contribution is 5.92. The van der Waals surface area contributed by atoms with Gasteiger partial charge in [-0.1, -0.05) is 35.9 Å². The lowest BCUT2D eigenvalue weighted by atomic mass is 10.1. The Morgan fingerprint density at radius 2 is 1.77 bits per heavy atom. The number of hydrogen-bond acceptors (Lipinski definition) is 3. The molecule has 0 atom stereocenters. The number of aromatic nitrogens is 3. The number of imidazole rings is 1. The van der Waals surface area contributed by atoms with E-state index in [9.17, 15) is 13.6 Å². The topological polar surface area (TPSA) is 50.5 Å². The molecule has 30 heavy (non-hydrogen) atoms. The van der Waals surface area contributed by atoms with E-state index in [4.69, 9.17) is 4.98 Å². The monoisotopic (exact) mass is 406 g/mol. The normalized spacial score (nSPS) is 11.1. The predicted octanol–water partition coefficient (Wildman–Crippen LogP) is 4.56. The molecule has 4 rings (SSSR count). The number of amides is 1. The Morgan fingerprint density at radius 1 is 1.07 bits per heavy atom. The molecule has 0 aliphatic carbocycles. The summed E-state index contributed by atoms with van der Waals surface area (Å²) < 4.78 is 29.2. The average molecular weight is 406 g/mol. The van der Waals surface area contributed by atoms with Gasteiger partial charge in [0.2, 0.25) is 0 Å². The fraction of sp³-hybridized carbons (Fsp3) is 0.174. The van der Waals surface area contributed by atoms with Gasteiger partial charge in [-0.25, -0.2) is 18.7 Å². The van der Waals surface area contributed by atoms with Crippen molar-refractivity contribution in [2.75, 3.05) is 7.05 Å². The smallest absolute Gasteiger partial charge is 0.275 e. The van der Waals surface area contributed by atoms with Crippen LogP contribution in [0.2, 0.25) is 0 Å². The van der Waals surface area contributed by atoms with Gasteiger partial charge in [0.05, 0.1) is 24.1 Å². The second kappa shape index (κ2) is 7.67. The second-order valence-electron chi connectivity index (χ2n) is 7.35. The first-order valence-corrected chi connectivity index (χ1v) is 9.44. The van der Waals surface area contributed by atoms with Crippen LogP contribution in [0.1, 0.15) is 27.3 Å². The predicted molar refractivity (Wildman–Crippen MR) is 110 cm³/mol. The van der Waals surface area contributed by atoms with Gasteiger partial charge in [0.25, 0.3) is 5.91 Å². The fourth-order valence-corrected chi connectivity index (χ4v) is 3.34. The minimum absolute atomic E-state index is 0.172. The number of hydrogen-bond donors (Lipinski definition) is 0. The molecule has 0 saturated carbocycles. The zero-order valence-corrected chi connectivity index (χ0v) is 16.9. The molecular formula is C23H20F2N4O. The summed E-state index contributed by atoms with van der Waals surface area (Å²) in [4.78, 5) is 22.5. The van der Waals surface area contributed by atoms with E-state index >= 15 is 0 Å². The van der Waals surface area contributed by atoms with Crippen LogP contribution in [0.4, 0.5) is 8.78 Å². The van der Waals surface area contributed by atoms with Crippen molar-refractivity contribution >= 4 is 11.6 Å². The first-order valence-electron chi connectivity index (χ1n) is 9.44. The van der Waals surface area contributed by atoms with Crippen LogP contribution in [0.3, 0.4) is 0 Å². The van der Waals surface area contributed by atoms with E-state index in [2.05, 4.69) is 4.98 Å². The van der Waals surface area contributed by atoms with E-state index in [-0.39, 0.29) is 6.54 Å². The van der Waals surface area contributed by atoms with Crippen molar-refractivity contribution in [2.24, 2.45) is 0 Å². The molecule has 1 aromatic carbocycles. The van der Waals surface area contributed by atoms with Gasteiger partial charge in [-0.3, -0.25) is 4.79 Å². The van der Waals surface area contributed by atoms with Crippen molar-refractivity contribution in [1.29, 1.82) is 0 Å². The molecule has 0 radical (unpaired) electrons. The molecule has 0 spiro atoms. The third-order valence-corrected chi connectivity index (χ3v) is 4.93. The number of aryl methyl sites for hydroxylation is 2. The van der Waals surface area contributed by atoms with E-state index in [1.54, 1.807) is 7.05 Å². The minimum Gasteiger partial charge on any atom is -0.334 e. The zero-order valence-electron chi connectivity index (χ0n) is 16.9. The summed E-state index contributed by atoms with van der Waals surface area (Å²) >= 11 is 0. The SMILES string of the molecule is Cc1ccc(-c2nc3ccc(C)cn3c2CN(C)C(=O)c2ncc(F)cc2F)cc1. The number of rotatable bonds is 4. The molecule has 0 aliphatic heterocycles. The molecule has 0 fully saturated rings. The lowest BCUT2D eigenvalue weighted by molar-refractivity contribution is 0.0772. The molecule has 7 heteroatoms. The summed E-state index contributed by atoms with van der Waals surface area (Å²) in [6.07, 6.45) is 2.78. The van der Waals surface area contributed by atoms with Gasteiger partial charge >= 0.3 is 0 Å². The summed E-state index contributed by atoms with van der Waals surface area (Å²) in [6, 6.07) is 12.5. The number of carbonyl (C=O) groups is 1. The van der Waals surface area contributed by atoms with Crippen LogP contribution in [0.15, 0.2) is 54.9 Å². The van der Waals surface area contributed by atoms with Gasteiger partial charge in [-0.2, -0.15) is 0 Å². The second-order valence-corrected chi connectivity index (χ2v) is 7.35. The maximum atomic E-state index is 14.1. The molecule has 1 amide bonds. The molecule has 0 saturated heterocycles. The van der Waals surface area contributed by atoms with Gasteiger partial charge < -0.3 is 9.30 Å². The van der Waals surface area contributed by atoms with Crippen LogP contribution in [0, 0.1) is 25.5 Å². The number of pyridine rings is 2. The third-order valence-electron chi connectivity index (χ3n) is 4.93. The zero-order chi connectivity index (χ0) is 21.4. The molecule has 0 N–H and O–H groups in total.